The van der Waals surface area contributed by atoms with E-state index in [1.54, 1.807) is 24.3 Å². The van der Waals surface area contributed by atoms with Gasteiger partial charge in [0.15, 0.2) is 11.6 Å². The van der Waals surface area contributed by atoms with E-state index >= 15 is 0 Å². The van der Waals surface area contributed by atoms with Gasteiger partial charge in [0.25, 0.3) is 0 Å². The van der Waals surface area contributed by atoms with Crippen molar-refractivity contribution in [3.05, 3.63) is 53.6 Å². The van der Waals surface area contributed by atoms with Gasteiger partial charge in [0, 0.05) is 12.1 Å². The summed E-state index contributed by atoms with van der Waals surface area (Å²) in [6, 6.07) is 9.58. The van der Waals surface area contributed by atoms with Gasteiger partial charge in [-0.3, -0.25) is 4.55 Å². The average Bonchev–Trinajstić information content (AvgIpc) is 2.92. The molecule has 2 N–H and O–H groups in total. The number of hydrogen-bond acceptors (Lipinski definition) is 3. The van der Waals surface area contributed by atoms with Gasteiger partial charge in [0.05, 0.1) is 5.52 Å². The number of benzene rings is 2. The lowest BCUT2D eigenvalue weighted by Crippen LogP contribution is -2.17. The monoisotopic (exact) mass is 324 g/mol. The fourth-order valence-corrected chi connectivity index (χ4v) is 2.34. The van der Waals surface area contributed by atoms with E-state index in [2.05, 4.69) is 15.0 Å². The van der Waals surface area contributed by atoms with Crippen LogP contribution in [0, 0.1) is 11.6 Å². The standard InChI is InChI=1S/C13H10F2N4O2S/c14-12-8(7-16-22(20)21)5-6-11(13(12)15)19-10-4-2-1-3-9(10)17-18-19/h1-6,16H,7H2,(H,20,21). The van der Waals surface area contributed by atoms with Crippen LogP contribution >= 0.6 is 0 Å². The van der Waals surface area contributed by atoms with Crippen molar-refractivity contribution in [2.24, 2.45) is 0 Å². The first-order valence-corrected chi connectivity index (χ1v) is 7.30. The van der Waals surface area contributed by atoms with Crippen molar-refractivity contribution in [2.45, 2.75) is 6.54 Å². The number of rotatable bonds is 4. The van der Waals surface area contributed by atoms with Gasteiger partial charge in [-0.05, 0) is 18.2 Å². The molecule has 0 aliphatic heterocycles. The molecule has 0 fully saturated rings. The minimum Gasteiger partial charge on any atom is -0.294 e. The topological polar surface area (TPSA) is 80.0 Å². The Balaban J connectivity index is 2.05. The molecule has 3 aromatic rings. The number of hydrogen-bond donors (Lipinski definition) is 2. The summed E-state index contributed by atoms with van der Waals surface area (Å²) in [6.45, 7) is -0.274. The smallest absolute Gasteiger partial charge is 0.232 e. The second kappa shape index (κ2) is 5.87. The van der Waals surface area contributed by atoms with E-state index in [9.17, 15) is 13.0 Å². The SMILES string of the molecule is O=S(O)NCc1ccc(-n2nnc3ccccc32)c(F)c1F. The molecular formula is C13H10F2N4O2S. The summed E-state index contributed by atoms with van der Waals surface area (Å²) in [4.78, 5) is 0. The predicted molar refractivity (Wildman–Crippen MR) is 76.4 cm³/mol. The van der Waals surface area contributed by atoms with E-state index in [0.717, 1.165) is 0 Å². The molecule has 2 aromatic carbocycles. The number of aromatic nitrogens is 3. The van der Waals surface area contributed by atoms with Gasteiger partial charge in [-0.2, -0.15) is 0 Å². The van der Waals surface area contributed by atoms with E-state index in [1.807, 2.05) is 0 Å². The molecule has 0 aliphatic rings. The molecule has 0 saturated heterocycles. The molecular weight excluding hydrogens is 314 g/mol. The lowest BCUT2D eigenvalue weighted by atomic mass is 10.1. The molecule has 22 heavy (non-hydrogen) atoms. The van der Waals surface area contributed by atoms with Gasteiger partial charge in [0.1, 0.15) is 11.2 Å². The minimum absolute atomic E-state index is 0.0620. The van der Waals surface area contributed by atoms with Crippen molar-refractivity contribution in [1.29, 1.82) is 0 Å². The maximum Gasteiger partial charge on any atom is 0.232 e. The summed E-state index contributed by atoms with van der Waals surface area (Å²) in [5, 5.41) is 7.71. The lowest BCUT2D eigenvalue weighted by Gasteiger charge is -2.08. The van der Waals surface area contributed by atoms with Crippen LogP contribution in [0.4, 0.5) is 8.78 Å². The summed E-state index contributed by atoms with van der Waals surface area (Å²) in [5.74, 6) is -2.20. The predicted octanol–water partition coefficient (Wildman–Crippen LogP) is 1.92. The van der Waals surface area contributed by atoms with Gasteiger partial charge >= 0.3 is 0 Å². The maximum atomic E-state index is 14.2. The second-order valence-electron chi connectivity index (χ2n) is 4.43. The van der Waals surface area contributed by atoms with Crippen molar-refractivity contribution in [1.82, 2.24) is 19.7 Å². The van der Waals surface area contributed by atoms with Crippen LogP contribution in [0.3, 0.4) is 0 Å². The fourth-order valence-electron chi connectivity index (χ4n) is 2.07. The van der Waals surface area contributed by atoms with Crippen LogP contribution in [0.2, 0.25) is 0 Å². The Kier molecular flexibility index (Phi) is 3.92. The van der Waals surface area contributed by atoms with Crippen LogP contribution in [0.5, 0.6) is 0 Å². The molecule has 114 valence electrons. The zero-order valence-corrected chi connectivity index (χ0v) is 11.8. The number of nitrogens with one attached hydrogen (secondary N) is 1. The zero-order valence-electron chi connectivity index (χ0n) is 11.0. The van der Waals surface area contributed by atoms with Crippen LogP contribution < -0.4 is 4.72 Å². The third-order valence-electron chi connectivity index (χ3n) is 3.11. The van der Waals surface area contributed by atoms with Gasteiger partial charge < -0.3 is 0 Å². The Morgan fingerprint density at radius 2 is 1.95 bits per heavy atom. The maximum absolute atomic E-state index is 14.2. The molecule has 1 heterocycles. The number of halogens is 2. The summed E-state index contributed by atoms with van der Waals surface area (Å²) >= 11 is -2.30. The number of nitrogens with zero attached hydrogens (tertiary/aromatic N) is 3. The molecule has 0 saturated carbocycles. The van der Waals surface area contributed by atoms with E-state index < -0.39 is 22.9 Å². The molecule has 0 bridgehead atoms. The highest BCUT2D eigenvalue weighted by Gasteiger charge is 2.17. The normalized spacial score (nSPS) is 12.7. The Bertz CT molecular complexity index is 868. The molecule has 6 nitrogen and oxygen atoms in total. The first-order valence-electron chi connectivity index (χ1n) is 6.20. The van der Waals surface area contributed by atoms with Crippen molar-refractivity contribution >= 4 is 22.3 Å². The van der Waals surface area contributed by atoms with Gasteiger partial charge in [-0.25, -0.2) is 22.4 Å². The Labute approximate surface area is 126 Å². The van der Waals surface area contributed by atoms with Crippen LogP contribution in [0.15, 0.2) is 36.4 Å². The van der Waals surface area contributed by atoms with Gasteiger partial charge in [0.2, 0.25) is 11.3 Å². The minimum atomic E-state index is -2.30. The van der Waals surface area contributed by atoms with E-state index in [1.165, 1.54) is 16.8 Å². The third kappa shape index (κ3) is 2.61. The third-order valence-corrected chi connectivity index (χ3v) is 3.50. The van der Waals surface area contributed by atoms with E-state index in [-0.39, 0.29) is 17.8 Å². The first-order chi connectivity index (χ1) is 10.6. The van der Waals surface area contributed by atoms with E-state index in [0.29, 0.717) is 11.0 Å². The Morgan fingerprint density at radius 1 is 1.18 bits per heavy atom. The van der Waals surface area contributed by atoms with Gasteiger partial charge in [-0.1, -0.05) is 23.4 Å². The largest absolute Gasteiger partial charge is 0.294 e. The molecule has 0 amide bonds. The summed E-state index contributed by atoms with van der Waals surface area (Å²) in [7, 11) is 0. The molecule has 1 atom stereocenters. The Hall–Kier alpha value is -2.23. The molecule has 0 aliphatic carbocycles. The fraction of sp³-hybridized carbons (Fsp3) is 0.0769. The summed E-state index contributed by atoms with van der Waals surface area (Å²) in [5.41, 5.74) is 0.958. The highest BCUT2D eigenvalue weighted by Crippen LogP contribution is 2.22. The van der Waals surface area contributed by atoms with Crippen molar-refractivity contribution in [2.75, 3.05) is 0 Å². The van der Waals surface area contributed by atoms with Crippen LogP contribution in [0.1, 0.15) is 5.56 Å². The number of fused-ring (bicyclic) bond motifs is 1. The summed E-state index contributed by atoms with van der Waals surface area (Å²) in [6.07, 6.45) is 0. The number of para-hydroxylation sites is 1. The molecule has 1 unspecified atom stereocenters. The second-order valence-corrected chi connectivity index (χ2v) is 5.22. The molecule has 9 heteroatoms. The molecule has 3 rings (SSSR count). The van der Waals surface area contributed by atoms with Crippen LogP contribution in [-0.2, 0) is 17.8 Å². The lowest BCUT2D eigenvalue weighted by molar-refractivity contribution is 0.489. The average molecular weight is 324 g/mol. The van der Waals surface area contributed by atoms with E-state index in [4.69, 9.17) is 4.55 Å². The van der Waals surface area contributed by atoms with Crippen LogP contribution in [-0.4, -0.2) is 23.8 Å². The van der Waals surface area contributed by atoms with Gasteiger partial charge in [-0.15, -0.1) is 5.10 Å². The summed E-state index contributed by atoms with van der Waals surface area (Å²) < 4.78 is 50.7. The first kappa shape index (κ1) is 14.7. The molecule has 0 spiro atoms. The van der Waals surface area contributed by atoms with Crippen molar-refractivity contribution < 1.29 is 17.5 Å². The van der Waals surface area contributed by atoms with Crippen molar-refractivity contribution in [3.63, 3.8) is 0 Å². The highest BCUT2D eigenvalue weighted by molar-refractivity contribution is 7.77. The Morgan fingerprint density at radius 3 is 2.73 bits per heavy atom. The highest BCUT2D eigenvalue weighted by atomic mass is 32.2. The quantitative estimate of drug-likeness (QED) is 0.719. The van der Waals surface area contributed by atoms with Crippen LogP contribution in [0.25, 0.3) is 16.7 Å². The molecule has 1 aromatic heterocycles. The molecule has 0 radical (unpaired) electrons. The van der Waals surface area contributed by atoms with Crippen molar-refractivity contribution in [3.8, 4) is 5.69 Å². The zero-order chi connectivity index (χ0) is 15.7.